The lowest BCUT2D eigenvalue weighted by Crippen LogP contribution is -2.09. The fourth-order valence-electron chi connectivity index (χ4n) is 0.362. The zero-order valence-electron chi connectivity index (χ0n) is 8.13. The van der Waals surface area contributed by atoms with Gasteiger partial charge >= 0.3 is 27.2 Å². The van der Waals surface area contributed by atoms with Gasteiger partial charge in [-0.05, 0) is 0 Å². The van der Waals surface area contributed by atoms with E-state index in [0.29, 0.717) is 0 Å². The Morgan fingerprint density at radius 2 is 1.47 bits per heavy atom. The number of hydrogen-bond acceptors (Lipinski definition) is 6. The molecule has 0 aliphatic heterocycles. The van der Waals surface area contributed by atoms with Gasteiger partial charge in [0.15, 0.2) is 0 Å². The zero-order valence-corrected chi connectivity index (χ0v) is 10.5. The van der Waals surface area contributed by atoms with Crippen LogP contribution in [0.25, 0.3) is 0 Å². The number of carboxylic acids is 2. The van der Waals surface area contributed by atoms with Crippen molar-refractivity contribution < 1.29 is 37.2 Å². The molecule has 8 nitrogen and oxygen atoms in total. The third-order valence-corrected chi connectivity index (χ3v) is 1.65. The summed E-state index contributed by atoms with van der Waals surface area (Å²) in [5.74, 6) is -3.70. The van der Waals surface area contributed by atoms with Gasteiger partial charge in [0, 0.05) is 0 Å². The molecule has 0 aliphatic carbocycles. The SMILES string of the molecule is O=C(O)CCC(=O)OS(=O)(=O)Cl.O=C(O)CCl. The van der Waals surface area contributed by atoms with Crippen molar-refractivity contribution in [1.29, 1.82) is 0 Å². The van der Waals surface area contributed by atoms with Crippen LogP contribution in [0, 0.1) is 0 Å². The minimum Gasteiger partial charge on any atom is -0.481 e. The molecule has 0 unspecified atom stereocenters. The van der Waals surface area contributed by atoms with Crippen molar-refractivity contribution in [3.05, 3.63) is 0 Å². The lowest BCUT2D eigenvalue weighted by Gasteiger charge is -1.96. The van der Waals surface area contributed by atoms with Crippen LogP contribution in [0.5, 0.6) is 0 Å². The summed E-state index contributed by atoms with van der Waals surface area (Å²) in [5, 5.41) is 15.7. The number of alkyl halides is 1. The van der Waals surface area contributed by atoms with Gasteiger partial charge in [-0.1, -0.05) is 0 Å². The van der Waals surface area contributed by atoms with Crippen LogP contribution in [0.2, 0.25) is 0 Å². The Labute approximate surface area is 106 Å². The summed E-state index contributed by atoms with van der Waals surface area (Å²) in [6, 6.07) is 0. The van der Waals surface area contributed by atoms with Crippen molar-refractivity contribution in [2.75, 3.05) is 5.88 Å². The first kappa shape index (κ1) is 18.3. The fraction of sp³-hybridized carbons (Fsp3) is 0.500. The summed E-state index contributed by atoms with van der Waals surface area (Å²) in [7, 11) is 0.184. The molecule has 0 saturated heterocycles. The highest BCUT2D eigenvalue weighted by Gasteiger charge is 2.14. The molecule has 0 heterocycles. The number of aliphatic carboxylic acids is 2. The summed E-state index contributed by atoms with van der Waals surface area (Å²) in [4.78, 5) is 29.5. The molecule has 17 heavy (non-hydrogen) atoms. The molecule has 100 valence electrons. The fourth-order valence-corrected chi connectivity index (χ4v) is 0.878. The van der Waals surface area contributed by atoms with E-state index >= 15 is 0 Å². The van der Waals surface area contributed by atoms with E-state index in [9.17, 15) is 22.8 Å². The van der Waals surface area contributed by atoms with Gasteiger partial charge < -0.3 is 14.4 Å². The molecular formula is C6H8Cl2O8S. The number of carboxylic acid groups (broad SMARTS) is 2. The van der Waals surface area contributed by atoms with Gasteiger partial charge in [-0.3, -0.25) is 14.4 Å². The second kappa shape index (κ2) is 9.02. The monoisotopic (exact) mass is 310 g/mol. The van der Waals surface area contributed by atoms with Crippen LogP contribution in [0.1, 0.15) is 12.8 Å². The molecule has 11 heteroatoms. The summed E-state index contributed by atoms with van der Waals surface area (Å²) in [6.45, 7) is 0. The van der Waals surface area contributed by atoms with E-state index in [4.69, 9.17) is 21.8 Å². The Balaban J connectivity index is 0. The van der Waals surface area contributed by atoms with E-state index < -0.39 is 40.1 Å². The number of carbonyl (C=O) groups is 3. The summed E-state index contributed by atoms with van der Waals surface area (Å²) < 4.78 is 23.7. The van der Waals surface area contributed by atoms with Crippen molar-refractivity contribution >= 4 is 49.5 Å². The molecule has 0 fully saturated rings. The van der Waals surface area contributed by atoms with Crippen molar-refractivity contribution in [3.63, 3.8) is 0 Å². The van der Waals surface area contributed by atoms with E-state index in [1.54, 1.807) is 0 Å². The maximum Gasteiger partial charge on any atom is 0.403 e. The first-order chi connectivity index (χ1) is 7.58. The average Bonchev–Trinajstić information content (AvgIpc) is 2.13. The highest BCUT2D eigenvalue weighted by Crippen LogP contribution is 2.02. The predicted octanol–water partition coefficient (Wildman–Crippen LogP) is 0.188. The second-order valence-electron chi connectivity index (χ2n) is 2.27. The van der Waals surface area contributed by atoms with Crippen molar-refractivity contribution in [3.8, 4) is 0 Å². The number of hydrogen-bond donors (Lipinski definition) is 2. The van der Waals surface area contributed by atoms with Crippen molar-refractivity contribution in [1.82, 2.24) is 0 Å². The lowest BCUT2D eigenvalue weighted by atomic mass is 10.3. The first-order valence-electron chi connectivity index (χ1n) is 3.75. The molecule has 0 atom stereocenters. The largest absolute Gasteiger partial charge is 0.481 e. The smallest absolute Gasteiger partial charge is 0.403 e. The molecule has 0 aromatic rings. The minimum atomic E-state index is -4.34. The normalized spacial score (nSPS) is 9.76. The summed E-state index contributed by atoms with van der Waals surface area (Å²) in [6.07, 6.45) is -1.02. The lowest BCUT2D eigenvalue weighted by molar-refractivity contribution is -0.141. The second-order valence-corrected chi connectivity index (χ2v) is 4.62. The van der Waals surface area contributed by atoms with Crippen molar-refractivity contribution in [2.45, 2.75) is 12.8 Å². The topological polar surface area (TPSA) is 135 Å². The Morgan fingerprint density at radius 3 is 1.71 bits per heavy atom. The maximum atomic E-state index is 10.4. The molecule has 0 rings (SSSR count). The van der Waals surface area contributed by atoms with E-state index in [0.717, 1.165) is 0 Å². The third kappa shape index (κ3) is 20.9. The molecule has 0 amide bonds. The molecule has 0 aliphatic rings. The molecule has 0 bridgehead atoms. The van der Waals surface area contributed by atoms with Gasteiger partial charge in [0.2, 0.25) is 0 Å². The number of halogens is 2. The van der Waals surface area contributed by atoms with Gasteiger partial charge in [0.1, 0.15) is 5.88 Å². The van der Waals surface area contributed by atoms with Gasteiger partial charge in [-0.15, -0.1) is 11.6 Å². The predicted molar refractivity (Wildman–Crippen MR) is 56.1 cm³/mol. The molecule has 2 N–H and O–H groups in total. The first-order valence-corrected chi connectivity index (χ1v) is 6.51. The van der Waals surface area contributed by atoms with Gasteiger partial charge in [-0.25, -0.2) is 0 Å². The van der Waals surface area contributed by atoms with Crippen LogP contribution >= 0.6 is 22.3 Å². The zero-order chi connectivity index (χ0) is 14.1. The molecule has 0 aromatic heterocycles. The average molecular weight is 311 g/mol. The number of rotatable bonds is 5. The Kier molecular flexibility index (Phi) is 9.72. The highest BCUT2D eigenvalue weighted by atomic mass is 35.7. The molecule has 0 radical (unpaired) electrons. The van der Waals surface area contributed by atoms with Gasteiger partial charge in [0.05, 0.1) is 23.5 Å². The Hall–Kier alpha value is -1.06. The van der Waals surface area contributed by atoms with E-state index in [-0.39, 0.29) is 5.88 Å². The molecule has 0 saturated carbocycles. The molecule has 0 spiro atoms. The molecular weight excluding hydrogens is 303 g/mol. The van der Waals surface area contributed by atoms with Crippen LogP contribution in [-0.4, -0.2) is 42.4 Å². The van der Waals surface area contributed by atoms with Gasteiger partial charge in [-0.2, -0.15) is 8.42 Å². The number of carbonyl (C=O) groups excluding carboxylic acids is 1. The molecule has 0 aromatic carbocycles. The van der Waals surface area contributed by atoms with Crippen LogP contribution in [-0.2, 0) is 27.9 Å². The minimum absolute atomic E-state index is 0.306. The van der Waals surface area contributed by atoms with Crippen LogP contribution in [0.3, 0.4) is 0 Å². The van der Waals surface area contributed by atoms with Crippen LogP contribution in [0.15, 0.2) is 0 Å². The van der Waals surface area contributed by atoms with Crippen molar-refractivity contribution in [2.24, 2.45) is 0 Å². The standard InChI is InChI=1S/C4H5ClO6S.C2H3ClO2/c5-12(9,10)11-4(8)2-1-3(6)7;3-1-2(4)5/h1-2H2,(H,6,7);1H2,(H,4,5). The van der Waals surface area contributed by atoms with Crippen LogP contribution < -0.4 is 0 Å². The van der Waals surface area contributed by atoms with Crippen LogP contribution in [0.4, 0.5) is 0 Å². The highest BCUT2D eigenvalue weighted by molar-refractivity contribution is 8.10. The Bertz CT molecular complexity index is 375. The van der Waals surface area contributed by atoms with E-state index in [1.807, 2.05) is 0 Å². The third-order valence-electron chi connectivity index (χ3n) is 0.850. The summed E-state index contributed by atoms with van der Waals surface area (Å²) in [5.41, 5.74) is 0. The summed E-state index contributed by atoms with van der Waals surface area (Å²) >= 11 is 4.74. The Morgan fingerprint density at radius 1 is 1.06 bits per heavy atom. The quantitative estimate of drug-likeness (QED) is 0.542. The van der Waals surface area contributed by atoms with Gasteiger partial charge in [0.25, 0.3) is 0 Å². The maximum absolute atomic E-state index is 10.4. The van der Waals surface area contributed by atoms with E-state index in [2.05, 4.69) is 14.9 Å². The van der Waals surface area contributed by atoms with E-state index in [1.165, 1.54) is 0 Å².